The molecule has 4 rings (SSSR count). The maximum atomic E-state index is 14.0. The summed E-state index contributed by atoms with van der Waals surface area (Å²) in [6.45, 7) is 2.23. The Balaban J connectivity index is 2.14. The zero-order chi connectivity index (χ0) is 22.1. The zero-order valence-electron chi connectivity index (χ0n) is 16.2. The summed E-state index contributed by atoms with van der Waals surface area (Å²) in [7, 11) is 0. The highest BCUT2D eigenvalue weighted by molar-refractivity contribution is 9.10. The Morgan fingerprint density at radius 1 is 1.19 bits per heavy atom. The van der Waals surface area contributed by atoms with Gasteiger partial charge in [-0.3, -0.25) is 14.3 Å². The summed E-state index contributed by atoms with van der Waals surface area (Å²) in [5.74, 6) is 0.490. The number of pyridine rings is 1. The molecule has 31 heavy (non-hydrogen) atoms. The van der Waals surface area contributed by atoms with E-state index in [0.29, 0.717) is 29.3 Å². The van der Waals surface area contributed by atoms with E-state index in [4.69, 9.17) is 17.0 Å². The van der Waals surface area contributed by atoms with Crippen LogP contribution in [0.3, 0.4) is 0 Å². The molecule has 0 aliphatic carbocycles. The van der Waals surface area contributed by atoms with Gasteiger partial charge in [0.05, 0.1) is 23.4 Å². The van der Waals surface area contributed by atoms with Crippen molar-refractivity contribution in [2.45, 2.75) is 13.3 Å². The van der Waals surface area contributed by atoms with E-state index in [2.05, 4.69) is 25.9 Å². The molecule has 0 radical (unpaired) electrons. The van der Waals surface area contributed by atoms with Gasteiger partial charge in [0.25, 0.3) is 12.0 Å². The molecular formula is C22H16BrF2N3O2S. The SMILES string of the molecule is CCOc1ccccc1-n1c(=S)[nH]c(=O)c2c(C(F)F)cc(-c3ccc(Br)cc3)nc21. The van der Waals surface area contributed by atoms with Crippen LogP contribution >= 0.6 is 28.1 Å². The number of hydrogen-bond donors (Lipinski definition) is 1. The number of nitrogens with zero attached hydrogens (tertiary/aromatic N) is 2. The Labute approximate surface area is 189 Å². The molecule has 0 aliphatic rings. The van der Waals surface area contributed by atoms with E-state index in [1.807, 2.05) is 6.92 Å². The first kappa shape index (κ1) is 21.3. The number of benzene rings is 2. The number of aromatic amines is 1. The lowest BCUT2D eigenvalue weighted by Gasteiger charge is -2.17. The molecule has 0 aliphatic heterocycles. The van der Waals surface area contributed by atoms with Crippen molar-refractivity contribution in [1.82, 2.24) is 14.5 Å². The third-order valence-electron chi connectivity index (χ3n) is 4.67. The fourth-order valence-corrected chi connectivity index (χ4v) is 3.88. The molecule has 1 N–H and O–H groups in total. The van der Waals surface area contributed by atoms with Gasteiger partial charge >= 0.3 is 0 Å². The van der Waals surface area contributed by atoms with E-state index in [0.717, 1.165) is 4.47 Å². The third-order valence-corrected chi connectivity index (χ3v) is 5.49. The zero-order valence-corrected chi connectivity index (χ0v) is 18.6. The van der Waals surface area contributed by atoms with Gasteiger partial charge in [-0.05, 0) is 49.5 Å². The van der Waals surface area contributed by atoms with E-state index in [-0.39, 0.29) is 15.8 Å². The van der Waals surface area contributed by atoms with E-state index in [9.17, 15) is 13.6 Å². The molecule has 0 amide bonds. The summed E-state index contributed by atoms with van der Waals surface area (Å²) in [4.78, 5) is 19.8. The van der Waals surface area contributed by atoms with Gasteiger partial charge < -0.3 is 4.74 Å². The number of aromatic nitrogens is 3. The van der Waals surface area contributed by atoms with Gasteiger partial charge in [-0.1, -0.05) is 40.2 Å². The topological polar surface area (TPSA) is 59.9 Å². The first-order chi connectivity index (χ1) is 14.9. The Kier molecular flexibility index (Phi) is 5.97. The summed E-state index contributed by atoms with van der Waals surface area (Å²) in [5, 5.41) is -0.212. The summed E-state index contributed by atoms with van der Waals surface area (Å²) in [5.41, 5.74) is 0.339. The quantitative estimate of drug-likeness (QED) is 0.329. The Bertz CT molecular complexity index is 1380. The number of ether oxygens (including phenoxy) is 1. The summed E-state index contributed by atoms with van der Waals surface area (Å²) < 4.78 is 36.1. The molecule has 0 spiro atoms. The van der Waals surface area contributed by atoms with Gasteiger partial charge in [-0.15, -0.1) is 0 Å². The molecule has 0 saturated heterocycles. The molecular weight excluding hydrogens is 488 g/mol. The van der Waals surface area contributed by atoms with E-state index in [1.54, 1.807) is 48.5 Å². The van der Waals surface area contributed by atoms with Crippen LogP contribution in [0.5, 0.6) is 5.75 Å². The lowest BCUT2D eigenvalue weighted by Crippen LogP contribution is -2.17. The monoisotopic (exact) mass is 503 g/mol. The van der Waals surface area contributed by atoms with Crippen LogP contribution in [-0.4, -0.2) is 21.1 Å². The average molecular weight is 504 g/mol. The number of hydrogen-bond acceptors (Lipinski definition) is 4. The third kappa shape index (κ3) is 4.03. The molecule has 2 heterocycles. The normalized spacial score (nSPS) is 11.3. The highest BCUT2D eigenvalue weighted by Gasteiger charge is 2.22. The molecule has 5 nitrogen and oxygen atoms in total. The number of fused-ring (bicyclic) bond motifs is 1. The predicted octanol–water partition coefficient (Wildman–Crippen LogP) is 6.21. The van der Waals surface area contributed by atoms with Crippen LogP contribution in [0.4, 0.5) is 8.78 Å². The molecule has 2 aromatic heterocycles. The molecule has 9 heteroatoms. The molecule has 158 valence electrons. The number of rotatable bonds is 5. The Morgan fingerprint density at radius 3 is 2.58 bits per heavy atom. The van der Waals surface area contributed by atoms with Crippen molar-refractivity contribution in [2.75, 3.05) is 6.61 Å². The fraction of sp³-hybridized carbons (Fsp3) is 0.136. The molecule has 4 aromatic rings. The van der Waals surface area contributed by atoms with Crippen LogP contribution in [0.25, 0.3) is 28.0 Å². The Morgan fingerprint density at radius 2 is 1.90 bits per heavy atom. The molecule has 0 unspecified atom stereocenters. The van der Waals surface area contributed by atoms with Gasteiger partial charge in [0.15, 0.2) is 10.4 Å². The second-order valence-electron chi connectivity index (χ2n) is 6.60. The molecule has 0 saturated carbocycles. The van der Waals surface area contributed by atoms with Gasteiger partial charge in [0.1, 0.15) is 5.75 Å². The number of H-pyrrole nitrogens is 1. The Hall–Kier alpha value is -2.91. The van der Waals surface area contributed by atoms with E-state index < -0.39 is 17.5 Å². The van der Waals surface area contributed by atoms with Gasteiger partial charge in [0, 0.05) is 15.6 Å². The summed E-state index contributed by atoms with van der Waals surface area (Å²) >= 11 is 8.76. The van der Waals surface area contributed by atoms with Crippen molar-refractivity contribution >= 4 is 39.2 Å². The minimum atomic E-state index is -2.88. The van der Waals surface area contributed by atoms with Crippen molar-refractivity contribution in [3.8, 4) is 22.7 Å². The van der Waals surface area contributed by atoms with Crippen LogP contribution in [0.2, 0.25) is 0 Å². The predicted molar refractivity (Wildman–Crippen MR) is 122 cm³/mol. The second-order valence-corrected chi connectivity index (χ2v) is 7.90. The smallest absolute Gasteiger partial charge is 0.264 e. The number of alkyl halides is 2. The minimum Gasteiger partial charge on any atom is -0.492 e. The van der Waals surface area contributed by atoms with Crippen molar-refractivity contribution in [3.63, 3.8) is 0 Å². The van der Waals surface area contributed by atoms with Crippen LogP contribution in [0.1, 0.15) is 18.9 Å². The van der Waals surface area contributed by atoms with Gasteiger partial charge in [-0.2, -0.15) is 0 Å². The molecule has 2 aromatic carbocycles. The van der Waals surface area contributed by atoms with Crippen LogP contribution in [-0.2, 0) is 0 Å². The standard InChI is InChI=1S/C22H16BrF2N3O2S/c1-2-30-17-6-4-3-5-16(17)28-20-18(21(29)27-22(28)31)14(19(24)25)11-15(26-20)12-7-9-13(23)10-8-12/h3-11,19H,2H2,1H3,(H,27,29,31). The largest absolute Gasteiger partial charge is 0.492 e. The summed E-state index contributed by atoms with van der Waals surface area (Å²) in [6.07, 6.45) is -2.88. The molecule has 0 bridgehead atoms. The van der Waals surface area contributed by atoms with Gasteiger partial charge in [-0.25, -0.2) is 13.8 Å². The van der Waals surface area contributed by atoms with Crippen molar-refractivity contribution in [3.05, 3.63) is 79.8 Å². The van der Waals surface area contributed by atoms with Crippen molar-refractivity contribution in [1.29, 1.82) is 0 Å². The minimum absolute atomic E-state index is 0.0327. The molecule has 0 fully saturated rings. The number of para-hydroxylation sites is 2. The lowest BCUT2D eigenvalue weighted by atomic mass is 10.1. The van der Waals surface area contributed by atoms with Crippen LogP contribution in [0.15, 0.2) is 63.9 Å². The first-order valence-corrected chi connectivity index (χ1v) is 10.6. The number of nitrogens with one attached hydrogen (secondary N) is 1. The van der Waals surface area contributed by atoms with E-state index in [1.165, 1.54) is 10.6 Å². The van der Waals surface area contributed by atoms with Crippen LogP contribution in [0, 0.1) is 4.77 Å². The van der Waals surface area contributed by atoms with E-state index >= 15 is 0 Å². The van der Waals surface area contributed by atoms with Crippen molar-refractivity contribution < 1.29 is 13.5 Å². The van der Waals surface area contributed by atoms with Crippen LogP contribution < -0.4 is 10.3 Å². The molecule has 0 atom stereocenters. The average Bonchev–Trinajstić information content (AvgIpc) is 2.74. The first-order valence-electron chi connectivity index (χ1n) is 9.37. The maximum Gasteiger partial charge on any atom is 0.264 e. The maximum absolute atomic E-state index is 14.0. The highest BCUT2D eigenvalue weighted by Crippen LogP contribution is 2.32. The second kappa shape index (κ2) is 8.68. The lowest BCUT2D eigenvalue weighted by molar-refractivity contribution is 0.153. The highest BCUT2D eigenvalue weighted by atomic mass is 79.9. The number of halogens is 3. The van der Waals surface area contributed by atoms with Gasteiger partial charge in [0.2, 0.25) is 0 Å². The van der Waals surface area contributed by atoms with Crippen molar-refractivity contribution in [2.24, 2.45) is 0 Å². The summed E-state index contributed by atoms with van der Waals surface area (Å²) in [6, 6.07) is 15.4. The fourth-order valence-electron chi connectivity index (χ4n) is 3.34.